The van der Waals surface area contributed by atoms with Crippen LogP contribution in [0.1, 0.15) is 46.0 Å². The molecule has 0 heterocycles. The third-order valence-electron chi connectivity index (χ3n) is 2.14. The number of hydrogen-bond acceptors (Lipinski definition) is 3. The van der Waals surface area contributed by atoms with E-state index in [1.54, 1.807) is 0 Å². The molecule has 0 saturated carbocycles. The van der Waals surface area contributed by atoms with E-state index in [0.29, 0.717) is 19.6 Å². The van der Waals surface area contributed by atoms with Gasteiger partial charge in [0, 0.05) is 13.0 Å². The molecule has 0 fully saturated rings. The van der Waals surface area contributed by atoms with Gasteiger partial charge in [-0.3, -0.25) is 4.79 Å². The summed E-state index contributed by atoms with van der Waals surface area (Å²) in [6.07, 6.45) is 8.94. The van der Waals surface area contributed by atoms with Crippen molar-refractivity contribution in [1.82, 2.24) is 0 Å². The Morgan fingerprint density at radius 1 is 1.06 bits per heavy atom. The molecule has 0 aromatic carbocycles. The predicted octanol–water partition coefficient (Wildman–Crippen LogP) is 3.09. The van der Waals surface area contributed by atoms with Gasteiger partial charge in [0.1, 0.15) is 0 Å². The Hall–Kier alpha value is -0.830. The second-order valence-corrected chi connectivity index (χ2v) is 3.54. The van der Waals surface area contributed by atoms with Crippen molar-refractivity contribution in [3.05, 3.63) is 12.2 Å². The van der Waals surface area contributed by atoms with Gasteiger partial charge in [-0.1, -0.05) is 18.6 Å². The van der Waals surface area contributed by atoms with E-state index in [9.17, 15) is 4.79 Å². The molecule has 0 aliphatic carbocycles. The van der Waals surface area contributed by atoms with Crippen LogP contribution < -0.4 is 0 Å². The lowest BCUT2D eigenvalue weighted by Crippen LogP contribution is -2.02. The molecule has 0 aliphatic rings. The Labute approximate surface area is 98.8 Å². The normalized spacial score (nSPS) is 10.9. The number of unbranched alkanes of at least 4 members (excludes halogenated alkanes) is 3. The van der Waals surface area contributed by atoms with Crippen LogP contribution in [0.5, 0.6) is 0 Å². The Bertz CT molecular complexity index is 188. The maximum atomic E-state index is 11.0. The molecular weight excluding hydrogens is 204 g/mol. The smallest absolute Gasteiger partial charge is 0.305 e. The topological polar surface area (TPSA) is 35.5 Å². The van der Waals surface area contributed by atoms with Crippen LogP contribution in [-0.4, -0.2) is 25.8 Å². The molecule has 0 spiro atoms. The maximum absolute atomic E-state index is 11.0. The zero-order chi connectivity index (χ0) is 12.1. The third-order valence-corrected chi connectivity index (χ3v) is 2.14. The van der Waals surface area contributed by atoms with Crippen LogP contribution in [0.2, 0.25) is 0 Å². The third kappa shape index (κ3) is 11.2. The second-order valence-electron chi connectivity index (χ2n) is 3.54. The Morgan fingerprint density at radius 2 is 1.88 bits per heavy atom. The molecule has 0 atom stereocenters. The van der Waals surface area contributed by atoms with Crippen molar-refractivity contribution >= 4 is 5.97 Å². The molecule has 0 unspecified atom stereocenters. The van der Waals surface area contributed by atoms with E-state index < -0.39 is 0 Å². The number of carbonyl (C=O) groups excluding carboxylic acids is 1. The second kappa shape index (κ2) is 12.2. The number of hydrogen-bond donors (Lipinski definition) is 0. The average Bonchev–Trinajstić information content (AvgIpc) is 2.27. The standard InChI is InChI=1S/C13H24O3/c1-3-15-12-10-8-6-5-7-9-11-13(14)16-4-2/h8,10H,3-7,9,11-12H2,1-2H3/b10-8+. The van der Waals surface area contributed by atoms with Gasteiger partial charge in [0.05, 0.1) is 13.2 Å². The molecule has 0 rings (SSSR count). The van der Waals surface area contributed by atoms with E-state index in [1.165, 1.54) is 0 Å². The summed E-state index contributed by atoms with van der Waals surface area (Å²) in [5, 5.41) is 0. The average molecular weight is 228 g/mol. The van der Waals surface area contributed by atoms with Crippen LogP contribution in [0.15, 0.2) is 12.2 Å². The van der Waals surface area contributed by atoms with Crippen molar-refractivity contribution in [3.8, 4) is 0 Å². The summed E-state index contributed by atoms with van der Waals surface area (Å²) >= 11 is 0. The van der Waals surface area contributed by atoms with Crippen LogP contribution in [0.3, 0.4) is 0 Å². The maximum Gasteiger partial charge on any atom is 0.305 e. The molecule has 0 saturated heterocycles. The van der Waals surface area contributed by atoms with Gasteiger partial charge < -0.3 is 9.47 Å². The van der Waals surface area contributed by atoms with Gasteiger partial charge in [-0.25, -0.2) is 0 Å². The van der Waals surface area contributed by atoms with E-state index >= 15 is 0 Å². The number of allylic oxidation sites excluding steroid dienone is 1. The van der Waals surface area contributed by atoms with Gasteiger partial charge in [-0.15, -0.1) is 0 Å². The SMILES string of the molecule is CCOC/C=C/CCCCCC(=O)OCC. The van der Waals surface area contributed by atoms with E-state index in [1.807, 2.05) is 13.8 Å². The monoisotopic (exact) mass is 228 g/mol. The fourth-order valence-electron chi connectivity index (χ4n) is 1.31. The molecule has 0 radical (unpaired) electrons. The Kier molecular flexibility index (Phi) is 11.6. The molecule has 0 aromatic rings. The number of rotatable bonds is 10. The van der Waals surface area contributed by atoms with E-state index in [2.05, 4.69) is 12.2 Å². The summed E-state index contributed by atoms with van der Waals surface area (Å²) in [5.41, 5.74) is 0. The molecule has 0 aromatic heterocycles. The van der Waals surface area contributed by atoms with Gasteiger partial charge in [-0.05, 0) is 33.1 Å². The first-order valence-corrected chi connectivity index (χ1v) is 6.19. The number of ether oxygens (including phenoxy) is 2. The lowest BCUT2D eigenvalue weighted by Gasteiger charge is -2.00. The quantitative estimate of drug-likeness (QED) is 0.327. The minimum Gasteiger partial charge on any atom is -0.466 e. The Morgan fingerprint density at radius 3 is 2.56 bits per heavy atom. The van der Waals surface area contributed by atoms with E-state index in [-0.39, 0.29) is 5.97 Å². The number of carbonyl (C=O) groups is 1. The van der Waals surface area contributed by atoms with Gasteiger partial charge >= 0.3 is 5.97 Å². The van der Waals surface area contributed by atoms with Crippen molar-refractivity contribution in [1.29, 1.82) is 0 Å². The van der Waals surface area contributed by atoms with Crippen molar-refractivity contribution in [2.45, 2.75) is 46.0 Å². The van der Waals surface area contributed by atoms with Crippen LogP contribution in [0.4, 0.5) is 0 Å². The van der Waals surface area contributed by atoms with Crippen LogP contribution in [0.25, 0.3) is 0 Å². The van der Waals surface area contributed by atoms with Crippen molar-refractivity contribution in [3.63, 3.8) is 0 Å². The first-order valence-electron chi connectivity index (χ1n) is 6.19. The summed E-state index contributed by atoms with van der Waals surface area (Å²) < 4.78 is 10.0. The minimum atomic E-state index is -0.0746. The molecule has 0 N–H and O–H groups in total. The fraction of sp³-hybridized carbons (Fsp3) is 0.769. The van der Waals surface area contributed by atoms with Crippen LogP contribution in [0, 0.1) is 0 Å². The highest BCUT2D eigenvalue weighted by atomic mass is 16.5. The number of esters is 1. The van der Waals surface area contributed by atoms with Crippen molar-refractivity contribution in [2.24, 2.45) is 0 Å². The molecule has 94 valence electrons. The van der Waals surface area contributed by atoms with E-state index in [0.717, 1.165) is 32.3 Å². The molecular formula is C13H24O3. The summed E-state index contributed by atoms with van der Waals surface area (Å²) in [4.78, 5) is 11.0. The van der Waals surface area contributed by atoms with Crippen molar-refractivity contribution < 1.29 is 14.3 Å². The highest BCUT2D eigenvalue weighted by molar-refractivity contribution is 5.69. The zero-order valence-electron chi connectivity index (χ0n) is 10.5. The highest BCUT2D eigenvalue weighted by Gasteiger charge is 1.99. The molecule has 3 nitrogen and oxygen atoms in total. The summed E-state index contributed by atoms with van der Waals surface area (Å²) in [5.74, 6) is -0.0746. The minimum absolute atomic E-state index is 0.0746. The van der Waals surface area contributed by atoms with Gasteiger partial charge in [0.2, 0.25) is 0 Å². The first-order chi connectivity index (χ1) is 7.81. The molecule has 0 aliphatic heterocycles. The lowest BCUT2D eigenvalue weighted by atomic mass is 10.1. The van der Waals surface area contributed by atoms with Gasteiger partial charge in [0.25, 0.3) is 0 Å². The van der Waals surface area contributed by atoms with Gasteiger partial charge in [-0.2, -0.15) is 0 Å². The van der Waals surface area contributed by atoms with Crippen molar-refractivity contribution in [2.75, 3.05) is 19.8 Å². The largest absolute Gasteiger partial charge is 0.466 e. The van der Waals surface area contributed by atoms with Gasteiger partial charge in [0.15, 0.2) is 0 Å². The first kappa shape index (κ1) is 15.2. The van der Waals surface area contributed by atoms with Crippen LogP contribution >= 0.6 is 0 Å². The fourth-order valence-corrected chi connectivity index (χ4v) is 1.31. The van der Waals surface area contributed by atoms with Crippen LogP contribution in [-0.2, 0) is 14.3 Å². The molecule has 0 amide bonds. The predicted molar refractivity (Wildman–Crippen MR) is 65.4 cm³/mol. The lowest BCUT2D eigenvalue weighted by molar-refractivity contribution is -0.143. The zero-order valence-corrected chi connectivity index (χ0v) is 10.5. The molecule has 0 bridgehead atoms. The summed E-state index contributed by atoms with van der Waals surface area (Å²) in [6.45, 7) is 5.78. The highest BCUT2D eigenvalue weighted by Crippen LogP contribution is 2.04. The molecule has 3 heteroatoms. The van der Waals surface area contributed by atoms with E-state index in [4.69, 9.17) is 9.47 Å². The Balaban J connectivity index is 3.15. The molecule has 16 heavy (non-hydrogen) atoms. The summed E-state index contributed by atoms with van der Waals surface area (Å²) in [6, 6.07) is 0. The summed E-state index contributed by atoms with van der Waals surface area (Å²) in [7, 11) is 0.